The molecule has 1 aliphatic heterocycles. The van der Waals surface area contributed by atoms with Gasteiger partial charge in [0.2, 0.25) is 5.91 Å². The van der Waals surface area contributed by atoms with Crippen LogP contribution in [0.15, 0.2) is 35.7 Å². The van der Waals surface area contributed by atoms with Crippen LogP contribution in [0, 0.1) is 0 Å². The lowest BCUT2D eigenvalue weighted by atomic mass is 10.1. The van der Waals surface area contributed by atoms with E-state index in [-0.39, 0.29) is 24.4 Å². The highest BCUT2D eigenvalue weighted by Gasteiger charge is 2.24. The number of hydrogen-bond acceptors (Lipinski definition) is 6. The molecule has 0 aliphatic carbocycles. The maximum atomic E-state index is 12.6. The molecule has 9 nitrogen and oxygen atoms in total. The molecule has 0 bridgehead atoms. The summed E-state index contributed by atoms with van der Waals surface area (Å²) in [6.07, 6.45) is 0.871. The number of aromatic nitrogens is 3. The van der Waals surface area contributed by atoms with E-state index >= 15 is 0 Å². The molecular weight excluding hydrogens is 414 g/mol. The quantitative estimate of drug-likeness (QED) is 0.471. The number of thiazole rings is 1. The van der Waals surface area contributed by atoms with Gasteiger partial charge in [0.15, 0.2) is 5.82 Å². The monoisotopic (exact) mass is 439 g/mol. The van der Waals surface area contributed by atoms with Crippen molar-refractivity contribution in [3.05, 3.63) is 52.7 Å². The van der Waals surface area contributed by atoms with Crippen molar-refractivity contribution >= 4 is 29.1 Å². The molecule has 10 heteroatoms. The van der Waals surface area contributed by atoms with Gasteiger partial charge in [-0.1, -0.05) is 30.3 Å². The molecule has 0 spiro atoms. The molecule has 1 aromatic carbocycles. The maximum Gasteiger partial charge on any atom is 0.329 e. The van der Waals surface area contributed by atoms with Crippen LogP contribution in [0.1, 0.15) is 30.8 Å². The summed E-state index contributed by atoms with van der Waals surface area (Å²) >= 11 is 1.52. The molecule has 162 valence electrons. The highest BCUT2D eigenvalue weighted by molar-refractivity contribution is 7.13. The van der Waals surface area contributed by atoms with Crippen LogP contribution in [-0.2, 0) is 24.2 Å². The van der Waals surface area contributed by atoms with Gasteiger partial charge in [0.05, 0.1) is 12.1 Å². The van der Waals surface area contributed by atoms with Gasteiger partial charge in [-0.25, -0.2) is 14.8 Å². The minimum Gasteiger partial charge on any atom is -0.335 e. The van der Waals surface area contributed by atoms with E-state index in [4.69, 9.17) is 0 Å². The predicted molar refractivity (Wildman–Crippen MR) is 119 cm³/mol. The molecule has 0 saturated heterocycles. The van der Waals surface area contributed by atoms with Crippen LogP contribution in [-0.4, -0.2) is 44.7 Å². The molecule has 31 heavy (non-hydrogen) atoms. The molecule has 0 fully saturated rings. The highest BCUT2D eigenvalue weighted by Crippen LogP contribution is 2.25. The number of aromatic amines is 1. The topological polar surface area (TPSA) is 115 Å². The van der Waals surface area contributed by atoms with E-state index in [0.717, 1.165) is 27.5 Å². The predicted octanol–water partition coefficient (Wildman–Crippen LogP) is 2.70. The third-order valence-corrected chi connectivity index (χ3v) is 5.73. The van der Waals surface area contributed by atoms with Crippen molar-refractivity contribution in [2.45, 2.75) is 39.3 Å². The summed E-state index contributed by atoms with van der Waals surface area (Å²) in [5.74, 6) is 0.316. The number of rotatable bonds is 6. The molecule has 3 aromatic rings. The Morgan fingerprint density at radius 3 is 2.84 bits per heavy atom. The number of nitrogens with zero attached hydrogens (tertiary/aromatic N) is 3. The fraction of sp³-hybridized carbons (Fsp3) is 0.333. The summed E-state index contributed by atoms with van der Waals surface area (Å²) in [7, 11) is 0. The van der Waals surface area contributed by atoms with Gasteiger partial charge in [0, 0.05) is 47.8 Å². The average Bonchev–Trinajstić information content (AvgIpc) is 3.35. The number of carbonyl (C=O) groups is 2. The minimum absolute atomic E-state index is 0.0530. The SMILES string of the molecule is CC(C)NC(=O)NN1CCc2[nH]nc(NC(=O)Cc3csc(-c4ccccc4)n3)c2C1. The first kappa shape index (κ1) is 21.0. The Morgan fingerprint density at radius 2 is 2.06 bits per heavy atom. The lowest BCUT2D eigenvalue weighted by molar-refractivity contribution is -0.115. The van der Waals surface area contributed by atoms with Crippen LogP contribution in [0.3, 0.4) is 0 Å². The number of nitrogens with one attached hydrogen (secondary N) is 4. The smallest absolute Gasteiger partial charge is 0.329 e. The van der Waals surface area contributed by atoms with Crippen LogP contribution in [0.2, 0.25) is 0 Å². The number of hydrogen-bond donors (Lipinski definition) is 4. The molecule has 0 unspecified atom stereocenters. The van der Waals surface area contributed by atoms with Crippen molar-refractivity contribution in [1.82, 2.24) is 30.9 Å². The normalized spacial score (nSPS) is 13.6. The van der Waals surface area contributed by atoms with Crippen molar-refractivity contribution in [3.8, 4) is 10.6 Å². The second kappa shape index (κ2) is 9.27. The number of H-pyrrole nitrogens is 1. The molecule has 4 N–H and O–H groups in total. The Labute approximate surface area is 184 Å². The number of hydrazine groups is 1. The van der Waals surface area contributed by atoms with Crippen LogP contribution in [0.4, 0.5) is 10.6 Å². The zero-order chi connectivity index (χ0) is 21.8. The van der Waals surface area contributed by atoms with E-state index in [0.29, 0.717) is 25.3 Å². The first-order valence-electron chi connectivity index (χ1n) is 10.2. The average molecular weight is 440 g/mol. The maximum absolute atomic E-state index is 12.6. The lowest BCUT2D eigenvalue weighted by Gasteiger charge is -2.27. The Balaban J connectivity index is 1.37. The first-order chi connectivity index (χ1) is 15.0. The number of amides is 3. The Morgan fingerprint density at radius 1 is 1.26 bits per heavy atom. The van der Waals surface area contributed by atoms with Crippen molar-refractivity contribution < 1.29 is 9.59 Å². The van der Waals surface area contributed by atoms with E-state index in [1.807, 2.05) is 54.6 Å². The molecular formula is C21H25N7O2S. The molecule has 3 amide bonds. The van der Waals surface area contributed by atoms with Gasteiger partial charge in [-0.3, -0.25) is 15.3 Å². The van der Waals surface area contributed by atoms with Crippen LogP contribution in [0.5, 0.6) is 0 Å². The van der Waals surface area contributed by atoms with Crippen LogP contribution < -0.4 is 16.1 Å². The van der Waals surface area contributed by atoms with Crippen molar-refractivity contribution in [2.24, 2.45) is 0 Å². The van der Waals surface area contributed by atoms with Gasteiger partial charge in [0.25, 0.3) is 0 Å². The van der Waals surface area contributed by atoms with Gasteiger partial charge in [-0.15, -0.1) is 11.3 Å². The summed E-state index contributed by atoms with van der Waals surface area (Å²) in [5, 5.41) is 17.6. The summed E-state index contributed by atoms with van der Waals surface area (Å²) in [6.45, 7) is 4.93. The molecule has 1 aliphatic rings. The molecule has 2 aromatic heterocycles. The first-order valence-corrected chi connectivity index (χ1v) is 11.0. The van der Waals surface area contributed by atoms with Crippen molar-refractivity contribution in [1.29, 1.82) is 0 Å². The molecule has 0 atom stereocenters. The fourth-order valence-corrected chi connectivity index (χ4v) is 4.20. The van der Waals surface area contributed by atoms with Gasteiger partial charge < -0.3 is 10.6 Å². The number of anilines is 1. The summed E-state index contributed by atoms with van der Waals surface area (Å²) in [6, 6.07) is 9.70. The van der Waals surface area contributed by atoms with Gasteiger partial charge in [-0.2, -0.15) is 5.10 Å². The lowest BCUT2D eigenvalue weighted by Crippen LogP contribution is -2.50. The molecule has 0 radical (unpaired) electrons. The molecule has 3 heterocycles. The second-order valence-corrected chi connectivity index (χ2v) is 8.53. The van der Waals surface area contributed by atoms with E-state index in [2.05, 4.69) is 31.2 Å². The largest absolute Gasteiger partial charge is 0.335 e. The summed E-state index contributed by atoms with van der Waals surface area (Å²) < 4.78 is 0. The fourth-order valence-electron chi connectivity index (χ4n) is 3.37. The van der Waals surface area contributed by atoms with E-state index < -0.39 is 0 Å². The van der Waals surface area contributed by atoms with E-state index in [1.54, 1.807) is 0 Å². The number of fused-ring (bicyclic) bond motifs is 1. The summed E-state index contributed by atoms with van der Waals surface area (Å²) in [4.78, 5) is 29.1. The van der Waals surface area contributed by atoms with Crippen molar-refractivity contribution in [2.75, 3.05) is 11.9 Å². The number of carbonyl (C=O) groups excluding carboxylic acids is 2. The van der Waals surface area contributed by atoms with E-state index in [1.165, 1.54) is 11.3 Å². The van der Waals surface area contributed by atoms with Crippen LogP contribution in [0.25, 0.3) is 10.6 Å². The summed E-state index contributed by atoms with van der Waals surface area (Å²) in [5.41, 5.74) is 6.45. The molecule has 4 rings (SSSR count). The zero-order valence-corrected chi connectivity index (χ0v) is 18.3. The number of benzene rings is 1. The van der Waals surface area contributed by atoms with Crippen LogP contribution >= 0.6 is 11.3 Å². The third kappa shape index (κ3) is 5.28. The Bertz CT molecular complexity index is 1060. The Hall–Kier alpha value is -3.24. The van der Waals surface area contributed by atoms with Crippen molar-refractivity contribution in [3.63, 3.8) is 0 Å². The van der Waals surface area contributed by atoms with E-state index in [9.17, 15) is 9.59 Å². The second-order valence-electron chi connectivity index (χ2n) is 7.68. The molecule has 0 saturated carbocycles. The number of urea groups is 1. The minimum atomic E-state index is -0.245. The van der Waals surface area contributed by atoms with Gasteiger partial charge in [-0.05, 0) is 13.8 Å². The highest BCUT2D eigenvalue weighted by atomic mass is 32.1. The third-order valence-electron chi connectivity index (χ3n) is 4.78. The van der Waals surface area contributed by atoms with Gasteiger partial charge >= 0.3 is 6.03 Å². The standard InChI is InChI=1S/C21H25N7O2S/c1-13(2)22-21(30)27-28-9-8-17-16(11-28)19(26-25-17)24-18(29)10-15-12-31-20(23-15)14-6-4-3-5-7-14/h3-7,12-13H,8-11H2,1-2H3,(H2,22,27,30)(H2,24,25,26,29). The van der Waals surface area contributed by atoms with Gasteiger partial charge in [0.1, 0.15) is 5.01 Å². The zero-order valence-electron chi connectivity index (χ0n) is 17.4. The Kier molecular flexibility index (Phi) is 6.28.